The molecular weight excluding hydrogens is 278 g/mol. The molecule has 6 nitrogen and oxygen atoms in total. The molecule has 2 unspecified atom stereocenters. The van der Waals surface area contributed by atoms with Crippen LogP contribution >= 0.6 is 15.9 Å². The van der Waals surface area contributed by atoms with E-state index >= 15 is 0 Å². The van der Waals surface area contributed by atoms with E-state index in [0.717, 1.165) is 0 Å². The molecule has 0 amide bonds. The van der Waals surface area contributed by atoms with Gasteiger partial charge in [0.05, 0.1) is 12.2 Å². The Hall–Kier alpha value is 0.170. The summed E-state index contributed by atoms with van der Waals surface area (Å²) in [6, 6.07) is 0. The van der Waals surface area contributed by atoms with E-state index < -0.39 is 26.9 Å². The highest BCUT2D eigenvalue weighted by Crippen LogP contribution is 2.48. The van der Waals surface area contributed by atoms with Crippen molar-refractivity contribution in [1.82, 2.24) is 0 Å². The van der Waals surface area contributed by atoms with Crippen molar-refractivity contribution in [3.05, 3.63) is 0 Å². The Labute approximate surface area is 109 Å². The third-order valence-electron chi connectivity index (χ3n) is 1.70. The molecule has 0 saturated carbocycles. The van der Waals surface area contributed by atoms with E-state index in [0.29, 0.717) is 0 Å². The molecule has 0 spiro atoms. The first kappa shape index (κ1) is 18.2. The molecule has 0 saturated heterocycles. The molecule has 0 aliphatic heterocycles. The van der Waals surface area contributed by atoms with Crippen LogP contribution in [0.1, 0.15) is 34.6 Å². The lowest BCUT2D eigenvalue weighted by Crippen LogP contribution is -2.25. The highest BCUT2D eigenvalue weighted by molar-refractivity contribution is 7.53. The minimum atomic E-state index is -3.15. The molecule has 0 radical (unpaired) electrons. The molecule has 2 atom stereocenters. The lowest BCUT2D eigenvalue weighted by molar-refractivity contribution is 0.0627. The maximum atomic E-state index is 12.0. The van der Waals surface area contributed by atoms with Crippen LogP contribution in [0.25, 0.3) is 0 Å². The Morgan fingerprint density at radius 1 is 1.17 bits per heavy atom. The van der Waals surface area contributed by atoms with Crippen molar-refractivity contribution in [2.75, 3.05) is 19.9 Å². The topological polar surface area (TPSA) is 82.1 Å². The van der Waals surface area contributed by atoms with Gasteiger partial charge in [-0.1, -0.05) is 13.8 Å². The molecule has 0 fully saturated rings. The second-order valence-corrected chi connectivity index (χ2v) is 8.64. The first-order valence-electron chi connectivity index (χ1n) is 5.55. The van der Waals surface area contributed by atoms with Crippen molar-refractivity contribution in [1.29, 1.82) is 0 Å². The van der Waals surface area contributed by atoms with Crippen molar-refractivity contribution in [3.63, 3.8) is 0 Å². The number of hydrogen-bond donors (Lipinski definition) is 1. The summed E-state index contributed by atoms with van der Waals surface area (Å²) in [5.74, 6) is 0. The van der Waals surface area contributed by atoms with Gasteiger partial charge in [0, 0.05) is 16.6 Å². The largest absolute Gasteiger partial charge is 0.694 e. The van der Waals surface area contributed by atoms with Gasteiger partial charge in [-0.25, -0.2) is 0 Å². The maximum absolute atomic E-state index is 12.0. The van der Waals surface area contributed by atoms with Gasteiger partial charge in [-0.15, -0.1) is 9.42 Å². The van der Waals surface area contributed by atoms with Gasteiger partial charge in [-0.2, -0.15) is 0 Å². The summed E-state index contributed by atoms with van der Waals surface area (Å²) < 4.78 is 37.7. The van der Waals surface area contributed by atoms with Crippen molar-refractivity contribution in [2.45, 2.75) is 40.2 Å². The molecular formula is C10H23O6P2+. The zero-order valence-corrected chi connectivity index (χ0v) is 13.6. The molecule has 0 aliphatic rings. The van der Waals surface area contributed by atoms with E-state index in [1.165, 1.54) is 6.66 Å². The third kappa shape index (κ3) is 10.1. The summed E-state index contributed by atoms with van der Waals surface area (Å²) >= 11 is 0. The van der Waals surface area contributed by atoms with Gasteiger partial charge in [0.2, 0.25) is 0 Å². The van der Waals surface area contributed by atoms with Gasteiger partial charge in [0.25, 0.3) is 0 Å². The van der Waals surface area contributed by atoms with Crippen molar-refractivity contribution in [3.8, 4) is 0 Å². The lowest BCUT2D eigenvalue weighted by Gasteiger charge is -2.28. The van der Waals surface area contributed by atoms with E-state index in [1.54, 1.807) is 34.6 Å². The van der Waals surface area contributed by atoms with Crippen molar-refractivity contribution < 1.29 is 27.6 Å². The summed E-state index contributed by atoms with van der Waals surface area (Å²) in [5, 5.41) is 0. The van der Waals surface area contributed by atoms with Gasteiger partial charge in [0.1, 0.15) is 6.61 Å². The average Bonchev–Trinajstić information content (AvgIpc) is 2.09. The highest BCUT2D eigenvalue weighted by atomic mass is 31.2. The molecule has 0 aromatic carbocycles. The number of hydrogen-bond acceptors (Lipinski definition) is 5. The fourth-order valence-corrected chi connectivity index (χ4v) is 3.18. The first-order valence-corrected chi connectivity index (χ1v) is 8.67. The normalized spacial score (nSPS) is 17.4. The predicted molar refractivity (Wildman–Crippen MR) is 69.9 cm³/mol. The third-order valence-corrected chi connectivity index (χ3v) is 3.52. The fraction of sp³-hybridized carbons (Fsp3) is 1.00. The van der Waals surface area contributed by atoms with Gasteiger partial charge < -0.3 is 9.05 Å². The van der Waals surface area contributed by atoms with Gasteiger partial charge in [0.15, 0.2) is 0 Å². The predicted octanol–water partition coefficient (Wildman–Crippen LogP) is 3.33. The summed E-state index contributed by atoms with van der Waals surface area (Å²) in [5.41, 5.74) is -1.08. The summed E-state index contributed by atoms with van der Waals surface area (Å²) in [7, 11) is -5.78. The zero-order valence-electron chi connectivity index (χ0n) is 11.8. The summed E-state index contributed by atoms with van der Waals surface area (Å²) in [6.07, 6.45) is 0. The van der Waals surface area contributed by atoms with Crippen LogP contribution in [0.4, 0.5) is 0 Å². The van der Waals surface area contributed by atoms with E-state index in [1.807, 2.05) is 0 Å². The molecule has 0 heterocycles. The van der Waals surface area contributed by atoms with Crippen LogP contribution in [-0.4, -0.2) is 30.4 Å². The van der Waals surface area contributed by atoms with Gasteiger partial charge >= 0.3 is 15.9 Å². The van der Waals surface area contributed by atoms with Crippen molar-refractivity contribution in [2.24, 2.45) is 5.41 Å². The minimum Gasteiger partial charge on any atom is -0.308 e. The lowest BCUT2D eigenvalue weighted by atomic mass is 9.97. The molecule has 108 valence electrons. The monoisotopic (exact) mass is 301 g/mol. The molecule has 0 aromatic rings. The first-order chi connectivity index (χ1) is 7.83. The van der Waals surface area contributed by atoms with Crippen LogP contribution in [0, 0.1) is 5.41 Å². The standard InChI is InChI=1S/C10H22O6P2/c1-9(2,3)16-18(6,13)15-8-10(4,5)7-14-17(11)12/h7-8H2,1-6H3/p+1. The van der Waals surface area contributed by atoms with Gasteiger partial charge in [-0.3, -0.25) is 4.57 Å². The van der Waals surface area contributed by atoms with E-state index in [2.05, 4.69) is 4.52 Å². The molecule has 8 heteroatoms. The van der Waals surface area contributed by atoms with Crippen LogP contribution in [-0.2, 0) is 22.7 Å². The minimum absolute atomic E-state index is 0.0359. The molecule has 0 bridgehead atoms. The maximum Gasteiger partial charge on any atom is 0.694 e. The smallest absolute Gasteiger partial charge is 0.308 e. The van der Waals surface area contributed by atoms with E-state index in [-0.39, 0.29) is 13.2 Å². The summed E-state index contributed by atoms with van der Waals surface area (Å²) in [4.78, 5) is 8.56. The van der Waals surface area contributed by atoms with Crippen molar-refractivity contribution >= 4 is 15.9 Å². The van der Waals surface area contributed by atoms with Crippen LogP contribution in [0.2, 0.25) is 0 Å². The van der Waals surface area contributed by atoms with Crippen LogP contribution < -0.4 is 0 Å². The van der Waals surface area contributed by atoms with Crippen LogP contribution in [0.15, 0.2) is 0 Å². The molecule has 1 N–H and O–H groups in total. The van der Waals surface area contributed by atoms with Gasteiger partial charge in [-0.05, 0) is 20.8 Å². The molecule has 0 aromatic heterocycles. The quantitative estimate of drug-likeness (QED) is 0.726. The SMILES string of the molecule is CC(C)(CO[P+](=O)O)COP(C)(=O)OC(C)(C)C. The van der Waals surface area contributed by atoms with Crippen LogP contribution in [0.3, 0.4) is 0 Å². The highest BCUT2D eigenvalue weighted by Gasteiger charge is 2.31. The number of rotatable bonds is 7. The Bertz CT molecular complexity index is 334. The Balaban J connectivity index is 4.29. The Morgan fingerprint density at radius 3 is 2.06 bits per heavy atom. The average molecular weight is 301 g/mol. The summed E-state index contributed by atoms with van der Waals surface area (Å²) in [6.45, 7) is 10.5. The second-order valence-electron chi connectivity index (χ2n) is 5.92. The fourth-order valence-electron chi connectivity index (χ4n) is 1.09. The molecule has 0 aliphatic carbocycles. The van der Waals surface area contributed by atoms with E-state index in [9.17, 15) is 9.13 Å². The zero-order chi connectivity index (χ0) is 14.6. The second kappa shape index (κ2) is 6.56. The van der Waals surface area contributed by atoms with E-state index in [4.69, 9.17) is 13.9 Å². The Kier molecular flexibility index (Phi) is 6.62. The molecule has 0 rings (SSSR count). The Morgan fingerprint density at radius 2 is 1.67 bits per heavy atom. The molecule has 18 heavy (non-hydrogen) atoms. The van der Waals surface area contributed by atoms with Crippen LogP contribution in [0.5, 0.6) is 0 Å².